The molecule has 0 aliphatic heterocycles. The second kappa shape index (κ2) is 12.0. The van der Waals surface area contributed by atoms with Gasteiger partial charge < -0.3 is 15.3 Å². The Hall–Kier alpha value is -0.120. The minimum absolute atomic E-state index is 0.323. The fourth-order valence-electron chi connectivity index (χ4n) is 1.61. The van der Waals surface area contributed by atoms with E-state index in [0.717, 1.165) is 25.9 Å². The zero-order valence-corrected chi connectivity index (χ0v) is 10.5. The maximum atomic E-state index is 8.59. The van der Waals surface area contributed by atoms with Gasteiger partial charge in [-0.3, -0.25) is 0 Å². The van der Waals surface area contributed by atoms with Crippen molar-refractivity contribution in [2.75, 3.05) is 39.3 Å². The summed E-state index contributed by atoms with van der Waals surface area (Å²) in [5.74, 6) is 0. The molecule has 0 rings (SSSR count). The zero-order chi connectivity index (χ0) is 11.4. The second-order valence-electron chi connectivity index (χ2n) is 3.91. The molecule has 0 bridgehead atoms. The highest BCUT2D eigenvalue weighted by molar-refractivity contribution is 4.54. The van der Waals surface area contributed by atoms with Crippen LogP contribution in [0.15, 0.2) is 0 Å². The molecule has 3 nitrogen and oxygen atoms in total. The predicted molar refractivity (Wildman–Crippen MR) is 66.2 cm³/mol. The van der Waals surface area contributed by atoms with Gasteiger partial charge in [-0.25, -0.2) is 0 Å². The minimum atomic E-state index is 0.323. The Morgan fingerprint density at radius 1 is 0.933 bits per heavy atom. The van der Waals surface area contributed by atoms with Crippen LogP contribution in [0.3, 0.4) is 0 Å². The van der Waals surface area contributed by atoms with Crippen molar-refractivity contribution in [2.24, 2.45) is 0 Å². The van der Waals surface area contributed by atoms with Crippen LogP contribution in [-0.4, -0.2) is 49.3 Å². The summed E-state index contributed by atoms with van der Waals surface area (Å²) in [6, 6.07) is 0. The monoisotopic (exact) mass is 216 g/mol. The lowest BCUT2D eigenvalue weighted by Crippen LogP contribution is -2.25. The van der Waals surface area contributed by atoms with Gasteiger partial charge in [-0.05, 0) is 58.4 Å². The molecule has 0 heterocycles. The molecule has 0 aromatic heterocycles. The molecular formula is C12H28N2O. The molecular weight excluding hydrogens is 188 g/mol. The molecule has 2 N–H and O–H groups in total. The van der Waals surface area contributed by atoms with Crippen LogP contribution >= 0.6 is 0 Å². The third-order valence-corrected chi connectivity index (χ3v) is 2.73. The van der Waals surface area contributed by atoms with Gasteiger partial charge in [0.2, 0.25) is 0 Å². The summed E-state index contributed by atoms with van der Waals surface area (Å²) in [5, 5.41) is 12.0. The number of rotatable bonds is 11. The Kier molecular flexibility index (Phi) is 11.9. The van der Waals surface area contributed by atoms with Gasteiger partial charge in [-0.1, -0.05) is 13.8 Å². The minimum Gasteiger partial charge on any atom is -0.396 e. The van der Waals surface area contributed by atoms with Crippen LogP contribution < -0.4 is 5.32 Å². The highest BCUT2D eigenvalue weighted by Crippen LogP contribution is 1.94. The molecule has 0 aromatic rings. The molecule has 0 fully saturated rings. The lowest BCUT2D eigenvalue weighted by Gasteiger charge is -2.17. The van der Waals surface area contributed by atoms with Crippen LogP contribution in [0.2, 0.25) is 0 Å². The fourth-order valence-corrected chi connectivity index (χ4v) is 1.61. The lowest BCUT2D eigenvalue weighted by molar-refractivity contribution is 0.283. The number of hydrogen-bond donors (Lipinski definition) is 2. The smallest absolute Gasteiger partial charge is 0.0431 e. The SMILES string of the molecule is CCN(CC)CCCCNCCCCO. The van der Waals surface area contributed by atoms with Crippen LogP contribution in [0.25, 0.3) is 0 Å². The van der Waals surface area contributed by atoms with Crippen LogP contribution in [0.4, 0.5) is 0 Å². The van der Waals surface area contributed by atoms with Crippen molar-refractivity contribution in [1.29, 1.82) is 0 Å². The maximum absolute atomic E-state index is 8.59. The van der Waals surface area contributed by atoms with Crippen molar-refractivity contribution < 1.29 is 5.11 Å². The van der Waals surface area contributed by atoms with Gasteiger partial charge in [-0.15, -0.1) is 0 Å². The first-order chi connectivity index (χ1) is 7.35. The summed E-state index contributed by atoms with van der Waals surface area (Å²) in [7, 11) is 0. The number of nitrogens with zero attached hydrogens (tertiary/aromatic N) is 1. The molecule has 0 aliphatic carbocycles. The molecule has 3 heteroatoms. The van der Waals surface area contributed by atoms with E-state index in [9.17, 15) is 0 Å². The number of unbranched alkanes of at least 4 members (excludes halogenated alkanes) is 2. The van der Waals surface area contributed by atoms with E-state index < -0.39 is 0 Å². The summed E-state index contributed by atoms with van der Waals surface area (Å²) in [4.78, 5) is 2.46. The molecule has 0 spiro atoms. The average Bonchev–Trinajstić information content (AvgIpc) is 2.27. The van der Waals surface area contributed by atoms with E-state index in [1.54, 1.807) is 0 Å². The Labute approximate surface area is 94.9 Å². The highest BCUT2D eigenvalue weighted by atomic mass is 16.2. The molecule has 0 atom stereocenters. The largest absolute Gasteiger partial charge is 0.396 e. The van der Waals surface area contributed by atoms with Gasteiger partial charge >= 0.3 is 0 Å². The van der Waals surface area contributed by atoms with Crippen LogP contribution in [0.5, 0.6) is 0 Å². The van der Waals surface area contributed by atoms with Gasteiger partial charge in [0.1, 0.15) is 0 Å². The first-order valence-electron chi connectivity index (χ1n) is 6.39. The second-order valence-corrected chi connectivity index (χ2v) is 3.91. The Morgan fingerprint density at radius 2 is 1.53 bits per heavy atom. The Bertz CT molecular complexity index is 116. The van der Waals surface area contributed by atoms with Gasteiger partial charge in [0.05, 0.1) is 0 Å². The maximum Gasteiger partial charge on any atom is 0.0431 e. The predicted octanol–water partition coefficient (Wildman–Crippen LogP) is 1.47. The average molecular weight is 216 g/mol. The topological polar surface area (TPSA) is 35.5 Å². The van der Waals surface area contributed by atoms with Crippen molar-refractivity contribution in [3.05, 3.63) is 0 Å². The van der Waals surface area contributed by atoms with Crippen molar-refractivity contribution in [2.45, 2.75) is 39.5 Å². The lowest BCUT2D eigenvalue weighted by atomic mass is 10.2. The molecule has 0 aliphatic rings. The van der Waals surface area contributed by atoms with E-state index in [1.807, 2.05) is 0 Å². The molecule has 15 heavy (non-hydrogen) atoms. The van der Waals surface area contributed by atoms with Crippen molar-refractivity contribution in [1.82, 2.24) is 10.2 Å². The van der Waals surface area contributed by atoms with Gasteiger partial charge in [0.15, 0.2) is 0 Å². The standard InChI is InChI=1S/C12H28N2O/c1-3-14(4-2)11-7-5-9-13-10-6-8-12-15/h13,15H,3-12H2,1-2H3. The van der Waals surface area contributed by atoms with Crippen LogP contribution in [-0.2, 0) is 0 Å². The zero-order valence-electron chi connectivity index (χ0n) is 10.5. The summed E-state index contributed by atoms with van der Waals surface area (Å²) < 4.78 is 0. The molecule has 0 unspecified atom stereocenters. The number of nitrogens with one attached hydrogen (secondary N) is 1. The van der Waals surface area contributed by atoms with E-state index in [1.165, 1.54) is 32.5 Å². The quantitative estimate of drug-likeness (QED) is 0.513. The van der Waals surface area contributed by atoms with Crippen molar-refractivity contribution in [3.63, 3.8) is 0 Å². The van der Waals surface area contributed by atoms with Gasteiger partial charge in [0.25, 0.3) is 0 Å². The third kappa shape index (κ3) is 10.2. The molecule has 0 amide bonds. The molecule has 0 saturated carbocycles. The van der Waals surface area contributed by atoms with E-state index in [-0.39, 0.29) is 0 Å². The molecule has 92 valence electrons. The number of aliphatic hydroxyl groups is 1. The Morgan fingerprint density at radius 3 is 2.07 bits per heavy atom. The van der Waals surface area contributed by atoms with E-state index in [2.05, 4.69) is 24.1 Å². The van der Waals surface area contributed by atoms with Crippen LogP contribution in [0.1, 0.15) is 39.5 Å². The normalized spacial score (nSPS) is 11.2. The summed E-state index contributed by atoms with van der Waals surface area (Å²) in [6.07, 6.45) is 4.56. The Balaban J connectivity index is 3.04. The van der Waals surface area contributed by atoms with E-state index in [4.69, 9.17) is 5.11 Å². The van der Waals surface area contributed by atoms with E-state index in [0.29, 0.717) is 6.61 Å². The van der Waals surface area contributed by atoms with Crippen molar-refractivity contribution in [3.8, 4) is 0 Å². The highest BCUT2D eigenvalue weighted by Gasteiger charge is 1.97. The first-order valence-corrected chi connectivity index (χ1v) is 6.39. The number of hydrogen-bond acceptors (Lipinski definition) is 3. The summed E-state index contributed by atoms with van der Waals surface area (Å²) in [6.45, 7) is 10.5. The number of aliphatic hydroxyl groups excluding tert-OH is 1. The van der Waals surface area contributed by atoms with Crippen LogP contribution in [0, 0.1) is 0 Å². The summed E-state index contributed by atoms with van der Waals surface area (Å²) >= 11 is 0. The van der Waals surface area contributed by atoms with Gasteiger partial charge in [0, 0.05) is 6.61 Å². The molecule has 0 saturated heterocycles. The molecule has 0 radical (unpaired) electrons. The first kappa shape index (κ1) is 14.9. The summed E-state index contributed by atoms with van der Waals surface area (Å²) in [5.41, 5.74) is 0. The molecule has 0 aromatic carbocycles. The van der Waals surface area contributed by atoms with E-state index >= 15 is 0 Å². The fraction of sp³-hybridized carbons (Fsp3) is 1.00. The van der Waals surface area contributed by atoms with Crippen molar-refractivity contribution >= 4 is 0 Å². The van der Waals surface area contributed by atoms with Gasteiger partial charge in [-0.2, -0.15) is 0 Å². The third-order valence-electron chi connectivity index (χ3n) is 2.73.